The van der Waals surface area contributed by atoms with Crippen LogP contribution in [-0.4, -0.2) is 34.6 Å². The van der Waals surface area contributed by atoms with Gasteiger partial charge >= 0.3 is 0 Å². The number of hydrogen-bond donors (Lipinski definition) is 2. The van der Waals surface area contributed by atoms with E-state index in [1.165, 1.54) is 6.07 Å². The molecule has 0 unspecified atom stereocenters. The largest absolute Gasteiger partial charge is 0.370 e. The summed E-state index contributed by atoms with van der Waals surface area (Å²) in [5.74, 6) is 0. The first-order valence-electron chi connectivity index (χ1n) is 8.39. The molecule has 1 fully saturated rings. The smallest absolute Gasteiger partial charge is 0.263 e. The van der Waals surface area contributed by atoms with E-state index >= 15 is 0 Å². The number of halogens is 2. The molecule has 2 aromatic rings. The van der Waals surface area contributed by atoms with E-state index < -0.39 is 10.0 Å². The molecule has 3 rings (SSSR count). The van der Waals surface area contributed by atoms with Gasteiger partial charge in [0.25, 0.3) is 10.0 Å². The maximum Gasteiger partial charge on any atom is 0.263 e. The average molecular weight is 414 g/mol. The van der Waals surface area contributed by atoms with Crippen LogP contribution in [0.4, 0.5) is 11.4 Å². The van der Waals surface area contributed by atoms with Gasteiger partial charge in [-0.1, -0.05) is 35.3 Å². The summed E-state index contributed by atoms with van der Waals surface area (Å²) in [5, 5.41) is 4.11. The summed E-state index contributed by atoms with van der Waals surface area (Å²) < 4.78 is 27.9. The van der Waals surface area contributed by atoms with Crippen LogP contribution >= 0.6 is 23.2 Å². The Balaban J connectivity index is 1.86. The number of hydrogen-bond acceptors (Lipinski definition) is 4. The lowest BCUT2D eigenvalue weighted by atomic mass is 10.0. The molecule has 140 valence electrons. The maximum absolute atomic E-state index is 12.6. The normalized spacial score (nSPS) is 15.7. The van der Waals surface area contributed by atoms with Crippen molar-refractivity contribution in [2.24, 2.45) is 0 Å². The van der Waals surface area contributed by atoms with Gasteiger partial charge in [0.05, 0.1) is 21.4 Å². The minimum Gasteiger partial charge on any atom is -0.370 e. The highest BCUT2D eigenvalue weighted by atomic mass is 35.5. The number of anilines is 2. The van der Waals surface area contributed by atoms with E-state index in [4.69, 9.17) is 23.2 Å². The van der Waals surface area contributed by atoms with Crippen LogP contribution in [0.5, 0.6) is 0 Å². The van der Waals surface area contributed by atoms with E-state index in [2.05, 4.69) is 14.9 Å². The number of nitrogens with one attached hydrogen (secondary N) is 2. The van der Waals surface area contributed by atoms with E-state index in [0.29, 0.717) is 16.8 Å². The molecule has 0 saturated carbocycles. The van der Waals surface area contributed by atoms with Crippen molar-refractivity contribution in [2.45, 2.75) is 23.8 Å². The molecule has 0 amide bonds. The Hall–Kier alpha value is -1.47. The molecule has 0 radical (unpaired) electrons. The van der Waals surface area contributed by atoms with Crippen LogP contribution in [0.25, 0.3) is 0 Å². The van der Waals surface area contributed by atoms with Crippen molar-refractivity contribution >= 4 is 44.6 Å². The molecule has 0 atom stereocenters. The molecule has 1 saturated heterocycles. The second-order valence-electron chi connectivity index (χ2n) is 6.29. The molecular formula is C18H21Cl2N3O2S. The summed E-state index contributed by atoms with van der Waals surface area (Å²) in [6.07, 6.45) is 2.03. The van der Waals surface area contributed by atoms with Gasteiger partial charge in [-0.25, -0.2) is 8.42 Å². The summed E-state index contributed by atoms with van der Waals surface area (Å²) >= 11 is 12.4. The molecular weight excluding hydrogens is 393 g/mol. The maximum atomic E-state index is 12.6. The minimum atomic E-state index is -3.78. The molecule has 2 N–H and O–H groups in total. The third kappa shape index (κ3) is 4.26. The van der Waals surface area contributed by atoms with E-state index in [0.717, 1.165) is 31.6 Å². The fourth-order valence-electron chi connectivity index (χ4n) is 3.11. The van der Waals surface area contributed by atoms with Crippen molar-refractivity contribution in [3.05, 3.63) is 52.5 Å². The van der Waals surface area contributed by atoms with Gasteiger partial charge in [-0.05, 0) is 56.3 Å². The minimum absolute atomic E-state index is 0.0462. The van der Waals surface area contributed by atoms with Crippen LogP contribution < -0.4 is 14.9 Å². The Morgan fingerprint density at radius 2 is 1.77 bits per heavy atom. The van der Waals surface area contributed by atoms with Gasteiger partial charge in [-0.2, -0.15) is 0 Å². The number of rotatable bonds is 5. The summed E-state index contributed by atoms with van der Waals surface area (Å²) in [4.78, 5) is 2.17. The van der Waals surface area contributed by atoms with Gasteiger partial charge < -0.3 is 10.2 Å². The van der Waals surface area contributed by atoms with Crippen LogP contribution in [0.3, 0.4) is 0 Å². The van der Waals surface area contributed by atoms with E-state index in [1.54, 1.807) is 36.4 Å². The van der Waals surface area contributed by atoms with Crippen LogP contribution in [-0.2, 0) is 10.0 Å². The molecule has 8 heteroatoms. The first-order valence-corrected chi connectivity index (χ1v) is 10.6. The highest BCUT2D eigenvalue weighted by Crippen LogP contribution is 2.32. The van der Waals surface area contributed by atoms with Crippen molar-refractivity contribution in [3.8, 4) is 0 Å². The lowest BCUT2D eigenvalue weighted by Crippen LogP contribution is -2.41. The zero-order valence-corrected chi connectivity index (χ0v) is 16.7. The number of benzene rings is 2. The number of sulfonamides is 1. The Kier molecular flexibility index (Phi) is 5.97. The molecule has 0 aliphatic carbocycles. The van der Waals surface area contributed by atoms with Crippen LogP contribution in [0.2, 0.25) is 10.0 Å². The standard InChI is InChI=1S/C18H21Cl2N3O2S/c1-23(14-8-10-21-11-9-14)17-12-13(6-7-15(17)19)22-26(24,25)18-5-3-2-4-16(18)20/h2-7,12,14,21-22H,8-11H2,1H3. The summed E-state index contributed by atoms with van der Waals surface area (Å²) in [5.41, 5.74) is 1.25. The van der Waals surface area contributed by atoms with E-state index in [9.17, 15) is 8.42 Å². The zero-order chi connectivity index (χ0) is 18.7. The average Bonchev–Trinajstić information content (AvgIpc) is 2.63. The van der Waals surface area contributed by atoms with Gasteiger partial charge in [0, 0.05) is 13.1 Å². The van der Waals surface area contributed by atoms with Gasteiger partial charge in [0.1, 0.15) is 4.90 Å². The fraction of sp³-hybridized carbons (Fsp3) is 0.333. The van der Waals surface area contributed by atoms with Crippen LogP contribution in [0.15, 0.2) is 47.4 Å². The molecule has 26 heavy (non-hydrogen) atoms. The predicted molar refractivity (Wildman–Crippen MR) is 108 cm³/mol. The Labute approximate surface area is 164 Å². The Morgan fingerprint density at radius 1 is 1.08 bits per heavy atom. The second-order valence-corrected chi connectivity index (χ2v) is 8.76. The van der Waals surface area contributed by atoms with Crippen LogP contribution in [0.1, 0.15) is 12.8 Å². The molecule has 0 aromatic heterocycles. The van der Waals surface area contributed by atoms with E-state index in [1.807, 2.05) is 7.05 Å². The van der Waals surface area contributed by atoms with Crippen molar-refractivity contribution in [1.82, 2.24) is 5.32 Å². The molecule has 2 aromatic carbocycles. The summed E-state index contributed by atoms with van der Waals surface area (Å²) in [6.45, 7) is 1.93. The molecule has 5 nitrogen and oxygen atoms in total. The number of nitrogens with zero attached hydrogens (tertiary/aromatic N) is 1. The highest BCUT2D eigenvalue weighted by molar-refractivity contribution is 7.92. The van der Waals surface area contributed by atoms with Crippen molar-refractivity contribution < 1.29 is 8.42 Å². The predicted octanol–water partition coefficient (Wildman–Crippen LogP) is 3.98. The van der Waals surface area contributed by atoms with Gasteiger partial charge in [-0.3, -0.25) is 4.72 Å². The summed E-state index contributed by atoms with van der Waals surface area (Å²) in [7, 11) is -1.79. The second kappa shape index (κ2) is 8.05. The van der Waals surface area contributed by atoms with E-state index in [-0.39, 0.29) is 9.92 Å². The quantitative estimate of drug-likeness (QED) is 0.777. The molecule has 0 spiro atoms. The van der Waals surface area contributed by atoms with Crippen molar-refractivity contribution in [1.29, 1.82) is 0 Å². The number of piperidine rings is 1. The topological polar surface area (TPSA) is 61.4 Å². The van der Waals surface area contributed by atoms with Gasteiger partial charge in [0.2, 0.25) is 0 Å². The third-order valence-electron chi connectivity index (χ3n) is 4.56. The molecule has 0 bridgehead atoms. The lowest BCUT2D eigenvalue weighted by molar-refractivity contribution is 0.443. The zero-order valence-electron chi connectivity index (χ0n) is 14.4. The van der Waals surface area contributed by atoms with Crippen molar-refractivity contribution in [3.63, 3.8) is 0 Å². The SMILES string of the molecule is CN(c1cc(NS(=O)(=O)c2ccccc2Cl)ccc1Cl)C1CCNCC1. The van der Waals surface area contributed by atoms with Gasteiger partial charge in [-0.15, -0.1) is 0 Å². The van der Waals surface area contributed by atoms with Crippen molar-refractivity contribution in [2.75, 3.05) is 29.8 Å². The highest BCUT2D eigenvalue weighted by Gasteiger charge is 2.22. The first-order chi connectivity index (χ1) is 12.4. The third-order valence-corrected chi connectivity index (χ3v) is 6.76. The van der Waals surface area contributed by atoms with Gasteiger partial charge in [0.15, 0.2) is 0 Å². The Bertz CT molecular complexity index is 884. The molecule has 1 heterocycles. The summed E-state index contributed by atoms with van der Waals surface area (Å²) in [6, 6.07) is 11.8. The van der Waals surface area contributed by atoms with Crippen LogP contribution in [0, 0.1) is 0 Å². The fourth-order valence-corrected chi connectivity index (χ4v) is 4.93. The molecule has 1 aliphatic rings. The Morgan fingerprint density at radius 3 is 2.46 bits per heavy atom. The first kappa shape index (κ1) is 19.3. The monoisotopic (exact) mass is 413 g/mol. The molecule has 1 aliphatic heterocycles. The lowest BCUT2D eigenvalue weighted by Gasteiger charge is -2.34.